The van der Waals surface area contributed by atoms with E-state index in [1.165, 1.54) is 18.4 Å². The quantitative estimate of drug-likeness (QED) is 0.382. The molecule has 30 heavy (non-hydrogen) atoms. The van der Waals surface area contributed by atoms with Gasteiger partial charge in [0, 0.05) is 4.88 Å². The van der Waals surface area contributed by atoms with Crippen molar-refractivity contribution in [1.29, 1.82) is 0 Å². The highest BCUT2D eigenvalue weighted by Crippen LogP contribution is 2.38. The van der Waals surface area contributed by atoms with Crippen LogP contribution in [0.1, 0.15) is 52.0 Å². The second-order valence-corrected chi connectivity index (χ2v) is 8.81. The van der Waals surface area contributed by atoms with E-state index in [0.717, 1.165) is 67.2 Å². The van der Waals surface area contributed by atoms with Crippen LogP contribution in [0.5, 0.6) is 0 Å². The summed E-state index contributed by atoms with van der Waals surface area (Å²) in [6.07, 6.45) is 1.40. The number of ether oxygens (including phenoxy) is 1. The minimum absolute atomic E-state index is 0.0264. The molecule has 1 aliphatic carbocycles. The predicted octanol–water partition coefficient (Wildman–Crippen LogP) is 6.67. The summed E-state index contributed by atoms with van der Waals surface area (Å²) in [6, 6.07) is 2.95. The minimum atomic E-state index is -4.50. The van der Waals surface area contributed by atoms with Gasteiger partial charge >= 0.3 is 12.1 Å². The Balaban J connectivity index is 1.86. The number of aryl methyl sites for hydroxylation is 1. The van der Waals surface area contributed by atoms with Crippen molar-refractivity contribution in [3.63, 3.8) is 0 Å². The van der Waals surface area contributed by atoms with Crippen LogP contribution in [0.25, 0.3) is 0 Å². The Morgan fingerprint density at radius 2 is 1.87 bits per heavy atom. The monoisotopic (exact) mass is 476 g/mol. The van der Waals surface area contributed by atoms with E-state index in [2.05, 4.69) is 10.6 Å². The van der Waals surface area contributed by atoms with E-state index in [0.29, 0.717) is 10.6 Å². The molecular weight excluding hydrogens is 457 g/mol. The highest BCUT2D eigenvalue weighted by molar-refractivity contribution is 7.80. The first-order valence-electron chi connectivity index (χ1n) is 9.38. The molecule has 0 radical (unpaired) electrons. The lowest BCUT2D eigenvalue weighted by Gasteiger charge is -2.14. The van der Waals surface area contributed by atoms with Crippen LogP contribution < -0.4 is 10.6 Å². The van der Waals surface area contributed by atoms with Crippen molar-refractivity contribution in [3.05, 3.63) is 44.8 Å². The average Bonchev–Trinajstić information content (AvgIpc) is 2.98. The fourth-order valence-corrected chi connectivity index (χ4v) is 5.10. The molecule has 1 aromatic carbocycles. The van der Waals surface area contributed by atoms with Gasteiger partial charge in [0.1, 0.15) is 5.00 Å². The van der Waals surface area contributed by atoms with Crippen molar-refractivity contribution in [2.75, 3.05) is 17.7 Å². The van der Waals surface area contributed by atoms with Gasteiger partial charge in [-0.25, -0.2) is 4.79 Å². The van der Waals surface area contributed by atoms with Gasteiger partial charge in [0.25, 0.3) is 0 Å². The summed E-state index contributed by atoms with van der Waals surface area (Å²) in [6.45, 7) is 0. The van der Waals surface area contributed by atoms with Gasteiger partial charge in [-0.05, 0) is 61.7 Å². The Morgan fingerprint density at radius 3 is 2.53 bits per heavy atom. The highest BCUT2D eigenvalue weighted by Gasteiger charge is 2.31. The minimum Gasteiger partial charge on any atom is -0.465 e. The van der Waals surface area contributed by atoms with Crippen molar-refractivity contribution in [3.8, 4) is 0 Å². The number of methoxy groups -OCH3 is 1. The van der Waals surface area contributed by atoms with Gasteiger partial charge < -0.3 is 15.4 Å². The van der Waals surface area contributed by atoms with Crippen LogP contribution in [0.15, 0.2) is 18.2 Å². The molecule has 0 aliphatic heterocycles. The first-order valence-corrected chi connectivity index (χ1v) is 11.0. The van der Waals surface area contributed by atoms with Gasteiger partial charge in [0.15, 0.2) is 5.11 Å². The molecule has 0 atom stereocenters. The molecule has 0 spiro atoms. The number of esters is 1. The fourth-order valence-electron chi connectivity index (χ4n) is 3.38. The summed E-state index contributed by atoms with van der Waals surface area (Å²) >= 11 is 12.7. The molecule has 3 rings (SSSR count). The lowest BCUT2D eigenvalue weighted by atomic mass is 9.96. The van der Waals surface area contributed by atoms with Gasteiger partial charge in [-0.1, -0.05) is 24.4 Å². The van der Waals surface area contributed by atoms with Gasteiger partial charge in [-0.2, -0.15) is 13.2 Å². The summed E-state index contributed by atoms with van der Waals surface area (Å²) < 4.78 is 43.9. The van der Waals surface area contributed by atoms with Crippen LogP contribution in [-0.4, -0.2) is 18.2 Å². The van der Waals surface area contributed by atoms with Crippen LogP contribution in [0, 0.1) is 0 Å². The fraction of sp³-hybridized carbons (Fsp3) is 0.400. The molecule has 0 amide bonds. The summed E-state index contributed by atoms with van der Waals surface area (Å²) in [5.74, 6) is -0.463. The number of fused-ring (bicyclic) bond motifs is 1. The molecule has 0 unspecified atom stereocenters. The molecule has 0 fully saturated rings. The summed E-state index contributed by atoms with van der Waals surface area (Å²) in [5, 5.41) is 6.32. The number of thiophene rings is 1. The second kappa shape index (κ2) is 9.53. The van der Waals surface area contributed by atoms with E-state index in [4.69, 9.17) is 28.6 Å². The molecular formula is C20H20ClF3N2O2S2. The predicted molar refractivity (Wildman–Crippen MR) is 118 cm³/mol. The first kappa shape index (κ1) is 22.8. The Hall–Kier alpha value is -1.84. The lowest BCUT2D eigenvalue weighted by molar-refractivity contribution is -0.137. The molecule has 0 bridgehead atoms. The largest absolute Gasteiger partial charge is 0.465 e. The number of anilines is 2. The number of hydrogen-bond donors (Lipinski definition) is 2. The number of nitrogens with one attached hydrogen (secondary N) is 2. The second-order valence-electron chi connectivity index (χ2n) is 6.89. The molecule has 0 saturated heterocycles. The number of halogens is 4. The van der Waals surface area contributed by atoms with Crippen molar-refractivity contribution in [2.24, 2.45) is 0 Å². The molecule has 0 saturated carbocycles. The van der Waals surface area contributed by atoms with Crippen molar-refractivity contribution >= 4 is 56.9 Å². The third-order valence-corrected chi connectivity index (χ3v) is 6.57. The third kappa shape index (κ3) is 5.25. The van der Waals surface area contributed by atoms with E-state index >= 15 is 0 Å². The molecule has 1 aliphatic rings. The van der Waals surface area contributed by atoms with Crippen molar-refractivity contribution in [1.82, 2.24) is 0 Å². The molecule has 162 valence electrons. The molecule has 4 nitrogen and oxygen atoms in total. The van der Waals surface area contributed by atoms with Crippen molar-refractivity contribution < 1.29 is 22.7 Å². The summed E-state index contributed by atoms with van der Waals surface area (Å²) in [7, 11) is 1.32. The van der Waals surface area contributed by atoms with Crippen molar-refractivity contribution in [2.45, 2.75) is 44.7 Å². The number of rotatable bonds is 3. The number of carbonyl (C=O) groups is 1. The Morgan fingerprint density at radius 1 is 1.17 bits per heavy atom. The van der Waals surface area contributed by atoms with Crippen LogP contribution in [0.3, 0.4) is 0 Å². The summed E-state index contributed by atoms with van der Waals surface area (Å²) in [4.78, 5) is 13.6. The molecule has 1 heterocycles. The van der Waals surface area contributed by atoms with E-state index in [1.807, 2.05) is 0 Å². The van der Waals surface area contributed by atoms with Gasteiger partial charge in [0.2, 0.25) is 0 Å². The zero-order valence-corrected chi connectivity index (χ0v) is 18.5. The van der Waals surface area contributed by atoms with Gasteiger partial charge in [-0.3, -0.25) is 0 Å². The molecule has 1 aromatic heterocycles. The smallest absolute Gasteiger partial charge is 0.416 e. The van der Waals surface area contributed by atoms with E-state index < -0.39 is 17.7 Å². The zero-order valence-electron chi connectivity index (χ0n) is 16.1. The average molecular weight is 477 g/mol. The number of carbonyl (C=O) groups excluding carboxylic acids is 1. The topological polar surface area (TPSA) is 50.4 Å². The summed E-state index contributed by atoms with van der Waals surface area (Å²) in [5.41, 5.74) is 0.595. The number of thiocarbonyl (C=S) groups is 1. The van der Waals surface area contributed by atoms with Crippen LogP contribution in [0.4, 0.5) is 23.9 Å². The SMILES string of the molecule is COC(=O)c1c(NC(=S)Nc2cc(C(F)(F)F)ccc2Cl)sc2c1CCCCCC2. The van der Waals surface area contributed by atoms with Gasteiger partial charge in [-0.15, -0.1) is 11.3 Å². The van der Waals surface area contributed by atoms with E-state index in [-0.39, 0.29) is 15.8 Å². The number of alkyl halides is 3. The maximum absolute atomic E-state index is 13.0. The highest BCUT2D eigenvalue weighted by atomic mass is 35.5. The maximum Gasteiger partial charge on any atom is 0.416 e. The molecule has 10 heteroatoms. The number of hydrogen-bond acceptors (Lipinski definition) is 4. The normalized spacial score (nSPS) is 14.3. The molecule has 2 N–H and O–H groups in total. The van der Waals surface area contributed by atoms with E-state index in [9.17, 15) is 18.0 Å². The maximum atomic E-state index is 13.0. The first-order chi connectivity index (χ1) is 14.2. The van der Waals surface area contributed by atoms with Crippen LogP contribution >= 0.6 is 35.2 Å². The Bertz CT molecular complexity index is 960. The molecule has 2 aromatic rings. The Labute approximate surface area is 186 Å². The third-order valence-electron chi connectivity index (χ3n) is 4.83. The Kier molecular flexibility index (Phi) is 7.26. The zero-order chi connectivity index (χ0) is 21.9. The number of benzene rings is 1. The van der Waals surface area contributed by atoms with E-state index in [1.54, 1.807) is 0 Å². The van der Waals surface area contributed by atoms with Crippen LogP contribution in [0.2, 0.25) is 5.02 Å². The standard InChI is InChI=1S/C20H20ClF3N2O2S2/c1-28-18(27)16-12-6-4-2-3-5-7-15(12)30-17(16)26-19(29)25-14-10-11(20(22,23)24)8-9-13(14)21/h8-10H,2-7H2,1H3,(H2,25,26,29). The van der Waals surface area contributed by atoms with Gasteiger partial charge in [0.05, 0.1) is 28.9 Å². The van der Waals surface area contributed by atoms with Crippen LogP contribution in [-0.2, 0) is 23.8 Å². The lowest BCUT2D eigenvalue weighted by Crippen LogP contribution is -2.21.